The van der Waals surface area contributed by atoms with Crippen molar-refractivity contribution >= 4 is 49.1 Å². The minimum atomic E-state index is 0.446. The fourth-order valence-electron chi connectivity index (χ4n) is 1.44. The van der Waals surface area contributed by atoms with Crippen molar-refractivity contribution in [2.24, 2.45) is 0 Å². The summed E-state index contributed by atoms with van der Waals surface area (Å²) < 4.78 is 7.61. The number of hydrogen-bond acceptors (Lipinski definition) is 2. The molecule has 2 nitrogen and oxygen atoms in total. The molecular weight excluding hydrogens is 381 g/mol. The van der Waals surface area contributed by atoms with E-state index in [1.807, 2.05) is 30.3 Å². The van der Waals surface area contributed by atoms with Crippen LogP contribution in [0, 0.1) is 0 Å². The first-order valence-corrected chi connectivity index (χ1v) is 7.14. The minimum Gasteiger partial charge on any atom is -0.488 e. The Bertz CT molecular complexity index is 575. The molecule has 0 bridgehead atoms. The van der Waals surface area contributed by atoms with Gasteiger partial charge < -0.3 is 10.5 Å². The highest BCUT2D eigenvalue weighted by molar-refractivity contribution is 9.11. The summed E-state index contributed by atoms with van der Waals surface area (Å²) >= 11 is 12.7. The average Bonchev–Trinajstić information content (AvgIpc) is 2.32. The van der Waals surface area contributed by atoms with Crippen molar-refractivity contribution in [3.63, 3.8) is 0 Å². The lowest BCUT2D eigenvalue weighted by Gasteiger charge is -2.09. The molecular formula is C13H10Br2ClNO. The number of rotatable bonds is 3. The van der Waals surface area contributed by atoms with Gasteiger partial charge in [-0.1, -0.05) is 33.6 Å². The Morgan fingerprint density at radius 3 is 2.56 bits per heavy atom. The molecule has 0 radical (unpaired) electrons. The summed E-state index contributed by atoms with van der Waals surface area (Å²) in [5.74, 6) is 0.784. The molecule has 2 aromatic rings. The van der Waals surface area contributed by atoms with Crippen LogP contribution in [-0.4, -0.2) is 0 Å². The molecule has 2 N–H and O–H groups in total. The molecule has 5 heteroatoms. The van der Waals surface area contributed by atoms with Crippen LogP contribution in [0.25, 0.3) is 0 Å². The highest BCUT2D eigenvalue weighted by Gasteiger charge is 2.03. The number of benzene rings is 2. The van der Waals surface area contributed by atoms with Crippen molar-refractivity contribution in [2.45, 2.75) is 6.61 Å². The molecule has 0 amide bonds. The number of halogens is 3. The largest absolute Gasteiger partial charge is 0.488 e. The lowest BCUT2D eigenvalue weighted by molar-refractivity contribution is 0.304. The molecule has 0 heterocycles. The van der Waals surface area contributed by atoms with Crippen LogP contribution in [-0.2, 0) is 6.61 Å². The second kappa shape index (κ2) is 5.95. The van der Waals surface area contributed by atoms with E-state index in [9.17, 15) is 0 Å². The van der Waals surface area contributed by atoms with Gasteiger partial charge in [0.15, 0.2) is 0 Å². The Balaban J connectivity index is 2.09. The van der Waals surface area contributed by atoms with Crippen LogP contribution in [0.2, 0.25) is 5.02 Å². The molecule has 0 fully saturated rings. The van der Waals surface area contributed by atoms with Crippen LogP contribution in [0.3, 0.4) is 0 Å². The molecule has 0 saturated carbocycles. The van der Waals surface area contributed by atoms with E-state index in [-0.39, 0.29) is 0 Å². The molecule has 2 aromatic carbocycles. The lowest BCUT2D eigenvalue weighted by atomic mass is 10.2. The van der Waals surface area contributed by atoms with E-state index < -0.39 is 0 Å². The Kier molecular flexibility index (Phi) is 4.54. The molecule has 0 aliphatic rings. The van der Waals surface area contributed by atoms with Gasteiger partial charge in [-0.15, -0.1) is 0 Å². The Labute approximate surface area is 127 Å². The van der Waals surface area contributed by atoms with Crippen LogP contribution in [0.1, 0.15) is 5.56 Å². The van der Waals surface area contributed by atoms with Crippen molar-refractivity contribution in [1.82, 2.24) is 0 Å². The third-order valence-electron chi connectivity index (χ3n) is 2.35. The van der Waals surface area contributed by atoms with Gasteiger partial charge in [0.1, 0.15) is 12.4 Å². The number of nitrogens with two attached hydrogens (primary N) is 1. The summed E-state index contributed by atoms with van der Waals surface area (Å²) in [6.07, 6.45) is 0. The first-order chi connectivity index (χ1) is 8.56. The molecule has 0 unspecified atom stereocenters. The number of hydrogen-bond donors (Lipinski definition) is 1. The fraction of sp³-hybridized carbons (Fsp3) is 0.0769. The first-order valence-electron chi connectivity index (χ1n) is 5.18. The fourth-order valence-corrected chi connectivity index (χ4v) is 2.72. The second-order valence-electron chi connectivity index (χ2n) is 3.72. The SMILES string of the molecule is Nc1cc(COc2ccc(Br)cc2Br)ccc1Cl. The van der Waals surface area contributed by atoms with Gasteiger partial charge in [0, 0.05) is 4.47 Å². The van der Waals surface area contributed by atoms with E-state index in [2.05, 4.69) is 31.9 Å². The molecule has 2 rings (SSSR count). The summed E-state index contributed by atoms with van der Waals surface area (Å²) in [6.45, 7) is 0.446. The maximum atomic E-state index is 5.86. The number of nitrogen functional groups attached to an aromatic ring is 1. The zero-order valence-electron chi connectivity index (χ0n) is 9.29. The van der Waals surface area contributed by atoms with E-state index in [0.717, 1.165) is 20.3 Å². The molecule has 0 aromatic heterocycles. The second-order valence-corrected chi connectivity index (χ2v) is 5.90. The van der Waals surface area contributed by atoms with Gasteiger partial charge in [-0.3, -0.25) is 0 Å². The Hall–Kier alpha value is -0.710. The summed E-state index contributed by atoms with van der Waals surface area (Å²) in [7, 11) is 0. The molecule has 0 saturated heterocycles. The molecule has 94 valence electrons. The number of anilines is 1. The maximum absolute atomic E-state index is 5.86. The standard InChI is InChI=1S/C13H10Br2ClNO/c14-9-2-4-13(10(15)6-9)18-7-8-1-3-11(16)12(17)5-8/h1-6H,7,17H2. The third-order valence-corrected chi connectivity index (χ3v) is 3.81. The van der Waals surface area contributed by atoms with E-state index >= 15 is 0 Å². The van der Waals surface area contributed by atoms with Crippen LogP contribution >= 0.6 is 43.5 Å². The van der Waals surface area contributed by atoms with Crippen molar-refractivity contribution in [1.29, 1.82) is 0 Å². The zero-order valence-corrected chi connectivity index (χ0v) is 13.2. The highest BCUT2D eigenvalue weighted by Crippen LogP contribution is 2.29. The van der Waals surface area contributed by atoms with Crippen LogP contribution in [0.5, 0.6) is 5.75 Å². The summed E-state index contributed by atoms with van der Waals surface area (Å²) in [5.41, 5.74) is 7.28. The lowest BCUT2D eigenvalue weighted by Crippen LogP contribution is -1.97. The minimum absolute atomic E-state index is 0.446. The first kappa shape index (κ1) is 13.7. The monoisotopic (exact) mass is 389 g/mol. The highest BCUT2D eigenvalue weighted by atomic mass is 79.9. The van der Waals surface area contributed by atoms with Crippen LogP contribution in [0.4, 0.5) is 5.69 Å². The van der Waals surface area contributed by atoms with Gasteiger partial charge >= 0.3 is 0 Å². The van der Waals surface area contributed by atoms with Gasteiger partial charge in [0.05, 0.1) is 15.2 Å². The Morgan fingerprint density at radius 2 is 1.89 bits per heavy atom. The van der Waals surface area contributed by atoms with Crippen molar-refractivity contribution in [2.75, 3.05) is 5.73 Å². The van der Waals surface area contributed by atoms with E-state index in [0.29, 0.717) is 17.3 Å². The van der Waals surface area contributed by atoms with Gasteiger partial charge in [0.25, 0.3) is 0 Å². The predicted octanol–water partition coefficient (Wildman–Crippen LogP) is 5.03. The molecule has 0 aliphatic heterocycles. The zero-order chi connectivity index (χ0) is 13.1. The summed E-state index contributed by atoms with van der Waals surface area (Å²) in [6, 6.07) is 11.2. The van der Waals surface area contributed by atoms with Crippen molar-refractivity contribution in [3.8, 4) is 5.75 Å². The normalized spacial score (nSPS) is 10.4. The van der Waals surface area contributed by atoms with Gasteiger partial charge in [-0.25, -0.2) is 0 Å². The average molecular weight is 391 g/mol. The van der Waals surface area contributed by atoms with Crippen LogP contribution < -0.4 is 10.5 Å². The van der Waals surface area contributed by atoms with Gasteiger partial charge in [0.2, 0.25) is 0 Å². The smallest absolute Gasteiger partial charge is 0.134 e. The maximum Gasteiger partial charge on any atom is 0.134 e. The van der Waals surface area contributed by atoms with E-state index in [4.69, 9.17) is 22.1 Å². The van der Waals surface area contributed by atoms with Gasteiger partial charge in [-0.05, 0) is 51.8 Å². The molecule has 18 heavy (non-hydrogen) atoms. The molecule has 0 aliphatic carbocycles. The van der Waals surface area contributed by atoms with Gasteiger partial charge in [-0.2, -0.15) is 0 Å². The van der Waals surface area contributed by atoms with E-state index in [1.54, 1.807) is 6.07 Å². The van der Waals surface area contributed by atoms with Crippen LogP contribution in [0.15, 0.2) is 45.3 Å². The molecule has 0 atom stereocenters. The molecule has 0 spiro atoms. The quantitative estimate of drug-likeness (QED) is 0.745. The summed E-state index contributed by atoms with van der Waals surface area (Å²) in [5, 5.41) is 0.559. The number of ether oxygens (including phenoxy) is 1. The summed E-state index contributed by atoms with van der Waals surface area (Å²) in [4.78, 5) is 0. The third kappa shape index (κ3) is 3.40. The van der Waals surface area contributed by atoms with Crippen molar-refractivity contribution < 1.29 is 4.74 Å². The van der Waals surface area contributed by atoms with E-state index in [1.165, 1.54) is 0 Å². The topological polar surface area (TPSA) is 35.2 Å². The van der Waals surface area contributed by atoms with Crippen molar-refractivity contribution in [3.05, 3.63) is 55.9 Å². The predicted molar refractivity (Wildman–Crippen MR) is 82.0 cm³/mol. The Morgan fingerprint density at radius 1 is 1.11 bits per heavy atom.